The smallest absolute Gasteiger partial charge is 0.252 e. The highest BCUT2D eigenvalue weighted by atomic mass is 79.9. The third kappa shape index (κ3) is 3.70. The second-order valence-electron chi connectivity index (χ2n) is 4.81. The number of rotatable bonds is 5. The van der Waals surface area contributed by atoms with Crippen LogP contribution in [0.5, 0.6) is 0 Å². The lowest BCUT2D eigenvalue weighted by atomic mass is 10.1. The zero-order valence-electron chi connectivity index (χ0n) is 11.7. The van der Waals surface area contributed by atoms with Crippen molar-refractivity contribution in [1.82, 2.24) is 5.32 Å². The van der Waals surface area contributed by atoms with Gasteiger partial charge in [0.15, 0.2) is 0 Å². The van der Waals surface area contributed by atoms with Crippen molar-refractivity contribution in [2.45, 2.75) is 32.7 Å². The van der Waals surface area contributed by atoms with Gasteiger partial charge >= 0.3 is 0 Å². The number of aryl methyl sites for hydroxylation is 1. The van der Waals surface area contributed by atoms with E-state index in [2.05, 4.69) is 34.2 Å². The molecule has 1 aromatic heterocycles. The number of benzene rings is 1. The summed E-state index contributed by atoms with van der Waals surface area (Å²) in [6.45, 7) is 4.13. The fraction of sp³-hybridized carbons (Fsp3) is 0.312. The minimum atomic E-state index is -0.0209. The van der Waals surface area contributed by atoms with Crippen LogP contribution in [0.15, 0.2) is 40.2 Å². The molecule has 2 aromatic rings. The number of hydrogen-bond donors (Lipinski definition) is 1. The van der Waals surface area contributed by atoms with Crippen LogP contribution in [-0.4, -0.2) is 5.91 Å². The van der Waals surface area contributed by atoms with Crippen molar-refractivity contribution in [3.05, 3.63) is 56.2 Å². The van der Waals surface area contributed by atoms with Gasteiger partial charge in [-0.3, -0.25) is 4.79 Å². The zero-order chi connectivity index (χ0) is 14.5. The molecule has 0 fully saturated rings. The Hall–Kier alpha value is -1.13. The normalized spacial score (nSPS) is 12.2. The third-order valence-electron chi connectivity index (χ3n) is 3.14. The van der Waals surface area contributed by atoms with Gasteiger partial charge in [-0.1, -0.05) is 31.0 Å². The lowest BCUT2D eigenvalue weighted by molar-refractivity contribution is 0.0934. The average Bonchev–Trinajstić information content (AvgIpc) is 2.95. The first kappa shape index (κ1) is 15.3. The van der Waals surface area contributed by atoms with Crippen molar-refractivity contribution in [3.63, 3.8) is 0 Å². The second kappa shape index (κ2) is 7.04. The quantitative estimate of drug-likeness (QED) is 0.798. The predicted octanol–water partition coefficient (Wildman–Crippen LogP) is 5.09. The van der Waals surface area contributed by atoms with E-state index in [-0.39, 0.29) is 11.9 Å². The third-order valence-corrected chi connectivity index (χ3v) is 4.81. The molecule has 2 rings (SSSR count). The lowest BCUT2D eigenvalue weighted by Gasteiger charge is -2.17. The summed E-state index contributed by atoms with van der Waals surface area (Å²) in [5.74, 6) is -0.0209. The van der Waals surface area contributed by atoms with Gasteiger partial charge in [0.25, 0.3) is 5.91 Å². The topological polar surface area (TPSA) is 29.1 Å². The zero-order valence-corrected chi connectivity index (χ0v) is 14.1. The molecule has 20 heavy (non-hydrogen) atoms. The van der Waals surface area contributed by atoms with Crippen LogP contribution in [0.1, 0.15) is 46.6 Å². The van der Waals surface area contributed by atoms with Gasteiger partial charge in [0.1, 0.15) is 0 Å². The van der Waals surface area contributed by atoms with E-state index in [0.29, 0.717) is 5.56 Å². The Bertz CT molecular complexity index is 580. The monoisotopic (exact) mass is 351 g/mol. The lowest BCUT2D eigenvalue weighted by Crippen LogP contribution is -2.28. The van der Waals surface area contributed by atoms with Gasteiger partial charge in [-0.05, 0) is 52.9 Å². The SMILES string of the molecule is CCCC(NC(=O)c1cc(C)ccc1Br)c1cccs1. The Kier molecular flexibility index (Phi) is 5.38. The first-order chi connectivity index (χ1) is 9.61. The summed E-state index contributed by atoms with van der Waals surface area (Å²) in [4.78, 5) is 13.7. The molecular weight excluding hydrogens is 334 g/mol. The number of nitrogens with one attached hydrogen (secondary N) is 1. The van der Waals surface area contributed by atoms with Crippen LogP contribution in [-0.2, 0) is 0 Å². The van der Waals surface area contributed by atoms with E-state index in [9.17, 15) is 4.79 Å². The molecule has 0 saturated heterocycles. The first-order valence-electron chi connectivity index (χ1n) is 6.72. The largest absolute Gasteiger partial charge is 0.344 e. The molecule has 1 amide bonds. The van der Waals surface area contributed by atoms with E-state index < -0.39 is 0 Å². The van der Waals surface area contributed by atoms with Gasteiger partial charge in [-0.15, -0.1) is 11.3 Å². The minimum absolute atomic E-state index is 0.0209. The molecule has 1 heterocycles. The van der Waals surface area contributed by atoms with Crippen LogP contribution in [0.2, 0.25) is 0 Å². The fourth-order valence-corrected chi connectivity index (χ4v) is 3.35. The molecule has 0 spiro atoms. The molecule has 106 valence electrons. The fourth-order valence-electron chi connectivity index (χ4n) is 2.11. The maximum absolute atomic E-state index is 12.5. The summed E-state index contributed by atoms with van der Waals surface area (Å²) in [5.41, 5.74) is 1.78. The van der Waals surface area contributed by atoms with Gasteiger partial charge in [0.05, 0.1) is 11.6 Å². The molecule has 1 N–H and O–H groups in total. The van der Waals surface area contributed by atoms with Gasteiger partial charge < -0.3 is 5.32 Å². The van der Waals surface area contributed by atoms with E-state index in [1.165, 1.54) is 4.88 Å². The summed E-state index contributed by atoms with van der Waals surface area (Å²) in [7, 11) is 0. The minimum Gasteiger partial charge on any atom is -0.344 e. The Balaban J connectivity index is 2.18. The Morgan fingerprint density at radius 3 is 2.85 bits per heavy atom. The maximum atomic E-state index is 12.5. The number of halogens is 1. The molecule has 0 bridgehead atoms. The summed E-state index contributed by atoms with van der Waals surface area (Å²) in [5, 5.41) is 5.19. The van der Waals surface area contributed by atoms with E-state index in [0.717, 1.165) is 22.9 Å². The highest BCUT2D eigenvalue weighted by Crippen LogP contribution is 2.25. The van der Waals surface area contributed by atoms with E-state index in [4.69, 9.17) is 0 Å². The summed E-state index contributed by atoms with van der Waals surface area (Å²) < 4.78 is 0.835. The molecule has 0 aliphatic carbocycles. The summed E-state index contributed by atoms with van der Waals surface area (Å²) in [6.07, 6.45) is 1.99. The van der Waals surface area contributed by atoms with Crippen LogP contribution in [0.4, 0.5) is 0 Å². The molecule has 1 unspecified atom stereocenters. The maximum Gasteiger partial charge on any atom is 0.252 e. The van der Waals surface area contributed by atoms with Crippen LogP contribution in [0.25, 0.3) is 0 Å². The Morgan fingerprint density at radius 1 is 1.40 bits per heavy atom. The van der Waals surface area contributed by atoms with Crippen molar-refractivity contribution >= 4 is 33.2 Å². The Labute approximate surface area is 132 Å². The molecule has 0 aliphatic rings. The molecule has 4 heteroatoms. The van der Waals surface area contributed by atoms with Crippen molar-refractivity contribution in [3.8, 4) is 0 Å². The standard InChI is InChI=1S/C16H18BrNOS/c1-3-5-14(15-6-4-9-20-15)18-16(19)12-10-11(2)7-8-13(12)17/h4,6-10,14H,3,5H2,1-2H3,(H,18,19). The average molecular weight is 352 g/mol. The molecule has 0 radical (unpaired) electrons. The van der Waals surface area contributed by atoms with Gasteiger partial charge in [-0.25, -0.2) is 0 Å². The highest BCUT2D eigenvalue weighted by Gasteiger charge is 2.17. The van der Waals surface area contributed by atoms with E-state index in [1.807, 2.05) is 36.6 Å². The van der Waals surface area contributed by atoms with E-state index >= 15 is 0 Å². The van der Waals surface area contributed by atoms with Crippen molar-refractivity contribution in [2.24, 2.45) is 0 Å². The molecule has 1 atom stereocenters. The van der Waals surface area contributed by atoms with Crippen molar-refractivity contribution in [1.29, 1.82) is 0 Å². The predicted molar refractivity (Wildman–Crippen MR) is 88.3 cm³/mol. The van der Waals surface area contributed by atoms with Crippen molar-refractivity contribution < 1.29 is 4.79 Å². The second-order valence-corrected chi connectivity index (χ2v) is 6.65. The van der Waals surface area contributed by atoms with Crippen LogP contribution in [0, 0.1) is 6.92 Å². The van der Waals surface area contributed by atoms with Crippen molar-refractivity contribution in [2.75, 3.05) is 0 Å². The number of hydrogen-bond acceptors (Lipinski definition) is 2. The molecule has 2 nitrogen and oxygen atoms in total. The van der Waals surface area contributed by atoms with Crippen LogP contribution in [0.3, 0.4) is 0 Å². The van der Waals surface area contributed by atoms with Gasteiger partial charge in [0.2, 0.25) is 0 Å². The number of carbonyl (C=O) groups is 1. The number of amides is 1. The van der Waals surface area contributed by atoms with E-state index in [1.54, 1.807) is 11.3 Å². The Morgan fingerprint density at radius 2 is 2.20 bits per heavy atom. The molecule has 0 aliphatic heterocycles. The summed E-state index contributed by atoms with van der Waals surface area (Å²) in [6, 6.07) is 10.0. The number of thiophene rings is 1. The van der Waals surface area contributed by atoms with Crippen LogP contribution >= 0.6 is 27.3 Å². The number of carbonyl (C=O) groups excluding carboxylic acids is 1. The molecule has 1 aromatic carbocycles. The summed E-state index contributed by atoms with van der Waals surface area (Å²) >= 11 is 5.14. The van der Waals surface area contributed by atoms with Gasteiger partial charge in [0, 0.05) is 9.35 Å². The van der Waals surface area contributed by atoms with Gasteiger partial charge in [-0.2, -0.15) is 0 Å². The molecular formula is C16H18BrNOS. The first-order valence-corrected chi connectivity index (χ1v) is 8.39. The van der Waals surface area contributed by atoms with Crippen LogP contribution < -0.4 is 5.32 Å². The highest BCUT2D eigenvalue weighted by molar-refractivity contribution is 9.10. The molecule has 0 saturated carbocycles.